The number of carbonyl (C=O) groups excluding carboxylic acids is 4. The number of amides is 3. The van der Waals surface area contributed by atoms with Crippen LogP contribution in [0, 0.1) is 0 Å². The van der Waals surface area contributed by atoms with Gasteiger partial charge in [0.25, 0.3) is 5.91 Å². The summed E-state index contributed by atoms with van der Waals surface area (Å²) >= 11 is 0. The lowest BCUT2D eigenvalue weighted by Crippen LogP contribution is -2.41. The molecule has 1 saturated heterocycles. The molecule has 2 rings (SSSR count). The van der Waals surface area contributed by atoms with Crippen molar-refractivity contribution < 1.29 is 29.0 Å². The summed E-state index contributed by atoms with van der Waals surface area (Å²) < 4.78 is 4.56. The maximum absolute atomic E-state index is 11.9. The van der Waals surface area contributed by atoms with E-state index >= 15 is 0 Å². The predicted molar refractivity (Wildman–Crippen MR) is 71.0 cm³/mol. The van der Waals surface area contributed by atoms with Gasteiger partial charge in [0.2, 0.25) is 0 Å². The first-order chi connectivity index (χ1) is 10.4. The van der Waals surface area contributed by atoms with Crippen molar-refractivity contribution >= 4 is 30.0 Å². The third-order valence-electron chi connectivity index (χ3n) is 2.89. The number of imide groups is 1. The maximum Gasteiger partial charge on any atom is 0.337 e. The summed E-state index contributed by atoms with van der Waals surface area (Å²) in [6, 6.07) is 5.28. The van der Waals surface area contributed by atoms with Crippen LogP contribution in [0.15, 0.2) is 30.0 Å². The van der Waals surface area contributed by atoms with Crippen LogP contribution >= 0.6 is 0 Å². The molecule has 8 heteroatoms. The van der Waals surface area contributed by atoms with Gasteiger partial charge in [0.05, 0.1) is 25.2 Å². The Bertz CT molecular complexity index is 677. The maximum atomic E-state index is 11.9. The molecule has 114 valence electrons. The first kappa shape index (κ1) is 15.2. The summed E-state index contributed by atoms with van der Waals surface area (Å²) in [5.74, 6) is -2.79. The largest absolute Gasteiger partial charge is 0.548 e. The van der Waals surface area contributed by atoms with Gasteiger partial charge in [0.15, 0.2) is 0 Å². The lowest BCUT2D eigenvalue weighted by Gasteiger charge is -2.11. The fourth-order valence-corrected chi connectivity index (χ4v) is 1.84. The molecule has 0 bridgehead atoms. The Balaban J connectivity index is 2.19. The van der Waals surface area contributed by atoms with Gasteiger partial charge in [-0.15, -0.1) is 0 Å². The van der Waals surface area contributed by atoms with E-state index in [0.29, 0.717) is 16.0 Å². The Morgan fingerprint density at radius 2 is 1.91 bits per heavy atom. The molecule has 0 unspecified atom stereocenters. The molecule has 1 aliphatic rings. The van der Waals surface area contributed by atoms with E-state index in [9.17, 15) is 24.3 Å². The molecule has 1 fully saturated rings. The van der Waals surface area contributed by atoms with Crippen LogP contribution in [0.4, 0.5) is 4.79 Å². The van der Waals surface area contributed by atoms with Gasteiger partial charge in [0.1, 0.15) is 5.70 Å². The number of carboxylic acids is 1. The van der Waals surface area contributed by atoms with Crippen molar-refractivity contribution in [2.75, 3.05) is 13.7 Å². The highest BCUT2D eigenvalue weighted by Gasteiger charge is 2.33. The van der Waals surface area contributed by atoms with E-state index in [2.05, 4.69) is 10.1 Å². The van der Waals surface area contributed by atoms with Gasteiger partial charge >= 0.3 is 12.0 Å². The topological polar surface area (TPSA) is 116 Å². The quantitative estimate of drug-likeness (QED) is 0.438. The van der Waals surface area contributed by atoms with Crippen molar-refractivity contribution in [1.82, 2.24) is 10.2 Å². The summed E-state index contributed by atoms with van der Waals surface area (Å²) in [4.78, 5) is 45.7. The van der Waals surface area contributed by atoms with E-state index in [1.54, 1.807) is 12.1 Å². The summed E-state index contributed by atoms with van der Waals surface area (Å²) in [6.07, 6.45) is 1.37. The summed E-state index contributed by atoms with van der Waals surface area (Å²) in [5.41, 5.74) is 0.827. The van der Waals surface area contributed by atoms with Crippen LogP contribution < -0.4 is 10.4 Å². The fourth-order valence-electron chi connectivity index (χ4n) is 1.84. The normalized spacial score (nSPS) is 15.9. The van der Waals surface area contributed by atoms with Crippen LogP contribution in [0.2, 0.25) is 0 Å². The number of carbonyl (C=O) groups is 4. The van der Waals surface area contributed by atoms with Crippen LogP contribution in [0.25, 0.3) is 6.08 Å². The number of hydrogen-bond acceptors (Lipinski definition) is 6. The summed E-state index contributed by atoms with van der Waals surface area (Å²) in [5, 5.41) is 12.8. The monoisotopic (exact) mass is 303 g/mol. The highest BCUT2D eigenvalue weighted by molar-refractivity contribution is 6.15. The number of carboxylic acid groups (broad SMARTS) is 1. The number of nitrogens with zero attached hydrogens (tertiary/aromatic N) is 1. The highest BCUT2D eigenvalue weighted by atomic mass is 16.5. The Kier molecular flexibility index (Phi) is 4.21. The number of aliphatic carboxylic acids is 1. The second kappa shape index (κ2) is 6.08. The molecule has 0 spiro atoms. The van der Waals surface area contributed by atoms with Crippen molar-refractivity contribution in [2.24, 2.45) is 0 Å². The molecule has 0 atom stereocenters. The second-order valence-electron chi connectivity index (χ2n) is 4.37. The van der Waals surface area contributed by atoms with Crippen molar-refractivity contribution in [3.8, 4) is 0 Å². The molecule has 0 radical (unpaired) electrons. The molecular weight excluding hydrogens is 292 g/mol. The molecule has 3 amide bonds. The Labute approximate surface area is 125 Å². The second-order valence-corrected chi connectivity index (χ2v) is 4.37. The Morgan fingerprint density at radius 1 is 1.27 bits per heavy atom. The zero-order valence-electron chi connectivity index (χ0n) is 11.5. The average Bonchev–Trinajstić information content (AvgIpc) is 2.74. The minimum atomic E-state index is -1.54. The Hall–Kier alpha value is -3.16. The fraction of sp³-hybridized carbons (Fsp3) is 0.143. The Morgan fingerprint density at radius 3 is 2.45 bits per heavy atom. The van der Waals surface area contributed by atoms with Crippen molar-refractivity contribution in [2.45, 2.75) is 0 Å². The van der Waals surface area contributed by atoms with Gasteiger partial charge in [0, 0.05) is 0 Å². The molecule has 1 aromatic rings. The number of nitrogens with one attached hydrogen (secondary N) is 1. The number of benzene rings is 1. The third-order valence-corrected chi connectivity index (χ3v) is 2.89. The van der Waals surface area contributed by atoms with E-state index in [1.165, 1.54) is 25.3 Å². The first-order valence-corrected chi connectivity index (χ1v) is 6.15. The third kappa shape index (κ3) is 3.11. The van der Waals surface area contributed by atoms with Crippen LogP contribution in [-0.2, 0) is 14.3 Å². The summed E-state index contributed by atoms with van der Waals surface area (Å²) in [6.45, 7) is -0.816. The molecule has 1 heterocycles. The number of ether oxygens (including phenoxy) is 1. The SMILES string of the molecule is COC(=O)c1ccc(/C=C2/NC(=O)N(CC(=O)[O-])C2=O)cc1. The first-order valence-electron chi connectivity index (χ1n) is 6.15. The van der Waals surface area contributed by atoms with Crippen molar-refractivity contribution in [3.05, 3.63) is 41.1 Å². The van der Waals surface area contributed by atoms with Gasteiger partial charge < -0.3 is 20.0 Å². The molecule has 1 aromatic carbocycles. The smallest absolute Gasteiger partial charge is 0.337 e. The predicted octanol–water partition coefficient (Wildman–Crippen LogP) is -0.884. The molecule has 0 aliphatic carbocycles. The molecule has 0 saturated carbocycles. The zero-order valence-corrected chi connectivity index (χ0v) is 11.5. The number of rotatable bonds is 4. The van der Waals surface area contributed by atoms with E-state index in [0.717, 1.165) is 0 Å². The zero-order chi connectivity index (χ0) is 16.3. The standard InChI is InChI=1S/C14H12N2O6/c1-22-13(20)9-4-2-8(3-5-9)6-10-12(19)16(7-11(17)18)14(21)15-10/h2-6H,7H2,1H3,(H,15,21)(H,17,18)/p-1/b10-6+. The van der Waals surface area contributed by atoms with Gasteiger partial charge in [-0.3, -0.25) is 9.69 Å². The molecule has 1 N–H and O–H groups in total. The van der Waals surface area contributed by atoms with Gasteiger partial charge in [-0.25, -0.2) is 9.59 Å². The molecule has 8 nitrogen and oxygen atoms in total. The number of hydrogen-bond donors (Lipinski definition) is 1. The van der Waals surface area contributed by atoms with Crippen molar-refractivity contribution in [3.63, 3.8) is 0 Å². The van der Waals surface area contributed by atoms with E-state index < -0.39 is 30.4 Å². The van der Waals surface area contributed by atoms with Gasteiger partial charge in [-0.1, -0.05) is 12.1 Å². The molecule has 0 aromatic heterocycles. The van der Waals surface area contributed by atoms with Crippen LogP contribution in [-0.4, -0.2) is 42.4 Å². The minimum Gasteiger partial charge on any atom is -0.548 e. The van der Waals surface area contributed by atoms with Gasteiger partial charge in [-0.2, -0.15) is 0 Å². The average molecular weight is 303 g/mol. The molecular formula is C14H11N2O6-. The van der Waals surface area contributed by atoms with Crippen LogP contribution in [0.1, 0.15) is 15.9 Å². The number of urea groups is 1. The van der Waals surface area contributed by atoms with Crippen LogP contribution in [0.3, 0.4) is 0 Å². The lowest BCUT2D eigenvalue weighted by molar-refractivity contribution is -0.305. The minimum absolute atomic E-state index is 0.0583. The van der Waals surface area contributed by atoms with Crippen LogP contribution in [0.5, 0.6) is 0 Å². The number of methoxy groups -OCH3 is 1. The van der Waals surface area contributed by atoms with Crippen molar-refractivity contribution in [1.29, 1.82) is 0 Å². The lowest BCUT2D eigenvalue weighted by atomic mass is 10.1. The van der Waals surface area contributed by atoms with Gasteiger partial charge in [-0.05, 0) is 23.8 Å². The van der Waals surface area contributed by atoms with E-state index in [4.69, 9.17) is 0 Å². The number of esters is 1. The molecule has 22 heavy (non-hydrogen) atoms. The van der Waals surface area contributed by atoms with E-state index in [1.807, 2.05) is 0 Å². The molecule has 1 aliphatic heterocycles. The highest BCUT2D eigenvalue weighted by Crippen LogP contribution is 2.14. The summed E-state index contributed by atoms with van der Waals surface area (Å²) in [7, 11) is 1.26. The van der Waals surface area contributed by atoms with E-state index in [-0.39, 0.29) is 5.70 Å².